The maximum absolute atomic E-state index is 3.96. The van der Waals surface area contributed by atoms with Gasteiger partial charge in [0.15, 0.2) is 0 Å². The first-order chi connectivity index (χ1) is 17.8. The van der Waals surface area contributed by atoms with Gasteiger partial charge in [0.2, 0.25) is 0 Å². The number of allylic oxidation sites excluding steroid dienone is 6. The van der Waals surface area contributed by atoms with Gasteiger partial charge in [0.05, 0.1) is 17.4 Å². The lowest BCUT2D eigenvalue weighted by atomic mass is 9.84. The Morgan fingerprint density at radius 3 is 2.44 bits per heavy atom. The Balaban J connectivity index is 1.51. The van der Waals surface area contributed by atoms with E-state index in [4.69, 9.17) is 0 Å². The lowest BCUT2D eigenvalue weighted by molar-refractivity contribution is 0.633. The van der Waals surface area contributed by atoms with Crippen molar-refractivity contribution < 1.29 is 0 Å². The van der Waals surface area contributed by atoms with E-state index < -0.39 is 0 Å². The van der Waals surface area contributed by atoms with E-state index in [0.29, 0.717) is 6.04 Å². The van der Waals surface area contributed by atoms with Gasteiger partial charge in [-0.15, -0.1) is 0 Å². The molecule has 2 heteroatoms. The smallest absolute Gasteiger partial charge is 0.127 e. The largest absolute Gasteiger partial charge is 0.360 e. The average molecular weight is 469 g/mol. The second-order valence-corrected chi connectivity index (χ2v) is 10.4. The molecule has 1 N–H and O–H groups in total. The van der Waals surface area contributed by atoms with Crippen molar-refractivity contribution in [3.63, 3.8) is 0 Å². The molecule has 2 nitrogen and oxygen atoms in total. The summed E-state index contributed by atoms with van der Waals surface area (Å²) in [6.07, 6.45) is 24.3. The molecule has 0 radical (unpaired) electrons. The Bertz CT molecular complexity index is 1610. The molecule has 36 heavy (non-hydrogen) atoms. The highest BCUT2D eigenvalue weighted by Gasteiger charge is 2.36. The van der Waals surface area contributed by atoms with Gasteiger partial charge in [-0.25, -0.2) is 0 Å². The van der Waals surface area contributed by atoms with Gasteiger partial charge in [-0.3, -0.25) is 0 Å². The molecule has 0 fully saturated rings. The van der Waals surface area contributed by atoms with Crippen molar-refractivity contribution in [2.75, 3.05) is 10.2 Å². The predicted molar refractivity (Wildman–Crippen MR) is 154 cm³/mol. The number of benzene rings is 3. The minimum absolute atomic E-state index is 0.0847. The number of rotatable bonds is 3. The first kappa shape index (κ1) is 21.5. The molecule has 2 atom stereocenters. The van der Waals surface area contributed by atoms with E-state index in [-0.39, 0.29) is 6.17 Å². The Labute approximate surface area is 213 Å². The topological polar surface area (TPSA) is 15.3 Å². The van der Waals surface area contributed by atoms with Crippen LogP contribution in [-0.4, -0.2) is 6.04 Å². The summed E-state index contributed by atoms with van der Waals surface area (Å²) in [4.78, 5) is 2.62. The van der Waals surface area contributed by atoms with Crippen molar-refractivity contribution in [2.24, 2.45) is 0 Å². The Hall–Kier alpha value is -3.78. The summed E-state index contributed by atoms with van der Waals surface area (Å²) in [6.45, 7) is 2.25. The van der Waals surface area contributed by atoms with Crippen LogP contribution in [0.4, 0.5) is 11.4 Å². The number of fused-ring (bicyclic) bond motifs is 3. The van der Waals surface area contributed by atoms with Gasteiger partial charge in [-0.2, -0.15) is 0 Å². The van der Waals surface area contributed by atoms with E-state index >= 15 is 0 Å². The first-order valence-electron chi connectivity index (χ1n) is 13.4. The van der Waals surface area contributed by atoms with Crippen molar-refractivity contribution in [1.29, 1.82) is 0 Å². The van der Waals surface area contributed by atoms with Crippen LogP contribution in [0.2, 0.25) is 0 Å². The van der Waals surface area contributed by atoms with Crippen molar-refractivity contribution in [3.05, 3.63) is 112 Å². The molecular weight excluding hydrogens is 436 g/mol. The maximum atomic E-state index is 3.96. The number of hydrogen-bond acceptors (Lipinski definition) is 2. The van der Waals surface area contributed by atoms with Gasteiger partial charge in [0.25, 0.3) is 0 Å². The third-order valence-electron chi connectivity index (χ3n) is 8.22. The molecule has 1 aliphatic heterocycles. The van der Waals surface area contributed by atoms with Crippen molar-refractivity contribution in [2.45, 2.75) is 51.2 Å². The Morgan fingerprint density at radius 1 is 0.833 bits per heavy atom. The Kier molecular flexibility index (Phi) is 5.20. The third kappa shape index (κ3) is 3.39. The van der Waals surface area contributed by atoms with E-state index in [1.54, 1.807) is 0 Å². The van der Waals surface area contributed by atoms with Crippen LogP contribution in [0.5, 0.6) is 0 Å². The van der Waals surface area contributed by atoms with Crippen molar-refractivity contribution >= 4 is 39.9 Å². The molecule has 178 valence electrons. The molecule has 0 saturated carbocycles. The number of hydrogen-bond donors (Lipinski definition) is 1. The standard InChI is InChI=1S/C34H32N2/c1-23-19-21-24(22-20-23)32-26-13-5-7-15-28(26)33(29-16-8-6-14-27(29)32)34-35-30-17-9-10-18-31(30)36(34)25-11-3-2-4-12-25/h2-5,7,9-11,13-19,21,25,34-35H,6,8,12,20,22H2,1H3. The SMILES string of the molecule is CC1=CC=C(c2c3c(c(C4Nc5ccccc5N4C4C=CC=CC4)c4ccccc24)=CCCC=3)CC1. The number of para-hydroxylation sites is 2. The Morgan fingerprint density at radius 2 is 1.64 bits per heavy atom. The molecule has 4 aliphatic rings. The number of nitrogens with one attached hydrogen (secondary N) is 1. The second kappa shape index (κ2) is 8.71. The molecular formula is C34H32N2. The van der Waals surface area contributed by atoms with Crippen LogP contribution in [0, 0.1) is 0 Å². The molecule has 2 unspecified atom stereocenters. The second-order valence-electron chi connectivity index (χ2n) is 10.4. The lowest BCUT2D eigenvalue weighted by Gasteiger charge is -2.35. The van der Waals surface area contributed by atoms with Gasteiger partial charge in [-0.1, -0.05) is 90.6 Å². The van der Waals surface area contributed by atoms with Crippen LogP contribution in [0.25, 0.3) is 28.5 Å². The van der Waals surface area contributed by atoms with Crippen LogP contribution >= 0.6 is 0 Å². The lowest BCUT2D eigenvalue weighted by Crippen LogP contribution is -2.43. The summed E-state index contributed by atoms with van der Waals surface area (Å²) in [5.74, 6) is 0. The highest BCUT2D eigenvalue weighted by Crippen LogP contribution is 2.44. The van der Waals surface area contributed by atoms with E-state index in [1.165, 1.54) is 54.9 Å². The van der Waals surface area contributed by atoms with E-state index in [9.17, 15) is 0 Å². The predicted octanol–water partition coefficient (Wildman–Crippen LogP) is 7.13. The summed E-state index contributed by atoms with van der Waals surface area (Å²) in [6, 6.07) is 18.3. The maximum Gasteiger partial charge on any atom is 0.127 e. The van der Waals surface area contributed by atoms with Gasteiger partial charge in [0.1, 0.15) is 6.17 Å². The zero-order valence-corrected chi connectivity index (χ0v) is 20.9. The molecule has 7 rings (SSSR count). The van der Waals surface area contributed by atoms with Crippen molar-refractivity contribution in [3.8, 4) is 0 Å². The summed E-state index contributed by atoms with van der Waals surface area (Å²) in [7, 11) is 0. The molecule has 0 saturated heterocycles. The van der Waals surface area contributed by atoms with E-state index in [1.807, 2.05) is 0 Å². The highest BCUT2D eigenvalue weighted by atomic mass is 15.3. The van der Waals surface area contributed by atoms with E-state index in [2.05, 4.69) is 114 Å². The fourth-order valence-corrected chi connectivity index (χ4v) is 6.52. The molecule has 3 aromatic carbocycles. The molecule has 0 bridgehead atoms. The molecule has 0 amide bonds. The third-order valence-corrected chi connectivity index (χ3v) is 8.22. The number of anilines is 2. The van der Waals surface area contributed by atoms with Crippen LogP contribution in [0.3, 0.4) is 0 Å². The fourth-order valence-electron chi connectivity index (χ4n) is 6.52. The van der Waals surface area contributed by atoms with Gasteiger partial charge in [0, 0.05) is 5.56 Å². The highest BCUT2D eigenvalue weighted by molar-refractivity contribution is 5.98. The quantitative estimate of drug-likeness (QED) is 0.440. The minimum atomic E-state index is 0.0847. The van der Waals surface area contributed by atoms with E-state index in [0.717, 1.165) is 32.1 Å². The zero-order valence-electron chi connectivity index (χ0n) is 20.9. The first-order valence-corrected chi connectivity index (χ1v) is 13.4. The minimum Gasteiger partial charge on any atom is -0.360 e. The zero-order chi connectivity index (χ0) is 24.1. The van der Waals surface area contributed by atoms with Crippen molar-refractivity contribution in [1.82, 2.24) is 0 Å². The van der Waals surface area contributed by atoms with Crippen LogP contribution in [-0.2, 0) is 0 Å². The number of nitrogens with zero attached hydrogens (tertiary/aromatic N) is 1. The van der Waals surface area contributed by atoms with Crippen LogP contribution in [0.1, 0.15) is 56.3 Å². The monoisotopic (exact) mass is 468 g/mol. The summed E-state index contributed by atoms with van der Waals surface area (Å²) < 4.78 is 0. The molecule has 0 aromatic heterocycles. The molecule has 3 aliphatic carbocycles. The summed E-state index contributed by atoms with van der Waals surface area (Å²) >= 11 is 0. The average Bonchev–Trinajstić information content (AvgIpc) is 3.32. The normalized spacial score (nSPS) is 22.2. The van der Waals surface area contributed by atoms with Gasteiger partial charge >= 0.3 is 0 Å². The molecule has 0 spiro atoms. The summed E-state index contributed by atoms with van der Waals surface area (Å²) in [5, 5.41) is 9.57. The molecule has 3 aromatic rings. The van der Waals surface area contributed by atoms with Crippen LogP contribution in [0.15, 0.2) is 90.6 Å². The fraction of sp³-hybridized carbons (Fsp3) is 0.235. The van der Waals surface area contributed by atoms with Gasteiger partial charge in [-0.05, 0) is 83.5 Å². The summed E-state index contributed by atoms with van der Waals surface area (Å²) in [5.41, 5.74) is 8.34. The van der Waals surface area contributed by atoms with Gasteiger partial charge < -0.3 is 10.2 Å². The molecule has 1 heterocycles. The van der Waals surface area contributed by atoms with Crippen LogP contribution < -0.4 is 20.7 Å².